The molecular weight excluding hydrogens is 406 g/mol. The summed E-state index contributed by atoms with van der Waals surface area (Å²) >= 11 is 9.21. The topological polar surface area (TPSA) is 49.6 Å². The first kappa shape index (κ1) is 18.7. The van der Waals surface area contributed by atoms with Gasteiger partial charge in [-0.2, -0.15) is 5.26 Å². The first-order valence-corrected chi connectivity index (χ1v) is 10.8. The molecule has 0 N–H and O–H groups in total. The van der Waals surface area contributed by atoms with Crippen molar-refractivity contribution in [1.82, 2.24) is 9.97 Å². The summed E-state index contributed by atoms with van der Waals surface area (Å²) in [7, 11) is 0. The fourth-order valence-corrected chi connectivity index (χ4v) is 4.50. The minimum absolute atomic E-state index is 0.573. The van der Waals surface area contributed by atoms with Crippen molar-refractivity contribution < 1.29 is 0 Å². The number of halogens is 1. The molecule has 4 aromatic rings. The molecule has 28 heavy (non-hydrogen) atoms. The molecule has 4 rings (SSSR count). The third-order valence-electron chi connectivity index (χ3n) is 4.11. The van der Waals surface area contributed by atoms with E-state index in [2.05, 4.69) is 11.1 Å². The molecule has 6 heteroatoms. The predicted octanol–water partition coefficient (Wildman–Crippen LogP) is 6.69. The second-order valence-corrected chi connectivity index (χ2v) is 8.29. The highest BCUT2D eigenvalue weighted by atomic mass is 35.5. The molecular formula is C22H14ClN3S2. The number of nitrogens with zero attached hydrogens (tertiary/aromatic N) is 3. The molecule has 3 aromatic heterocycles. The second kappa shape index (κ2) is 8.57. The molecule has 0 saturated carbocycles. The molecule has 1 aromatic carbocycles. The minimum atomic E-state index is 0.573. The van der Waals surface area contributed by atoms with E-state index >= 15 is 0 Å². The fourth-order valence-electron chi connectivity index (χ4n) is 2.77. The van der Waals surface area contributed by atoms with Gasteiger partial charge in [-0.3, -0.25) is 4.98 Å². The van der Waals surface area contributed by atoms with Crippen LogP contribution in [0.15, 0.2) is 77.3 Å². The molecule has 0 fully saturated rings. The maximum absolute atomic E-state index is 9.89. The Hall–Kier alpha value is -2.65. The molecule has 0 amide bonds. The summed E-state index contributed by atoms with van der Waals surface area (Å²) in [6.07, 6.45) is 1.77. The molecule has 0 aliphatic heterocycles. The van der Waals surface area contributed by atoms with E-state index in [0.29, 0.717) is 21.4 Å². The highest BCUT2D eigenvalue weighted by Crippen LogP contribution is 2.36. The monoisotopic (exact) mass is 419 g/mol. The summed E-state index contributed by atoms with van der Waals surface area (Å²) in [6, 6.07) is 21.8. The smallest absolute Gasteiger partial charge is 0.116 e. The van der Waals surface area contributed by atoms with Gasteiger partial charge in [-0.15, -0.1) is 11.3 Å². The van der Waals surface area contributed by atoms with Crippen molar-refractivity contribution in [3.05, 3.63) is 88.5 Å². The normalized spacial score (nSPS) is 10.6. The number of thiophene rings is 1. The van der Waals surface area contributed by atoms with Crippen LogP contribution in [0.1, 0.15) is 11.3 Å². The number of benzene rings is 1. The fraction of sp³-hybridized carbons (Fsp3) is 0.0455. The Bertz CT molecular complexity index is 1120. The molecule has 0 spiro atoms. The van der Waals surface area contributed by atoms with Gasteiger partial charge in [-0.25, -0.2) is 4.98 Å². The zero-order valence-electron chi connectivity index (χ0n) is 14.7. The van der Waals surface area contributed by atoms with Gasteiger partial charge in [0.05, 0.1) is 21.8 Å². The Morgan fingerprint density at radius 2 is 1.93 bits per heavy atom. The van der Waals surface area contributed by atoms with E-state index in [1.54, 1.807) is 17.5 Å². The van der Waals surface area contributed by atoms with Gasteiger partial charge in [0.25, 0.3) is 0 Å². The Morgan fingerprint density at radius 1 is 1.07 bits per heavy atom. The van der Waals surface area contributed by atoms with Crippen LogP contribution in [0.3, 0.4) is 0 Å². The lowest BCUT2D eigenvalue weighted by atomic mass is 10.0. The predicted molar refractivity (Wildman–Crippen MR) is 117 cm³/mol. The number of pyridine rings is 2. The summed E-state index contributed by atoms with van der Waals surface area (Å²) in [5.41, 5.74) is 4.20. The highest BCUT2D eigenvalue weighted by molar-refractivity contribution is 7.98. The standard InChI is InChI=1S/C22H14ClN3S2/c23-16-8-6-15(7-9-16)18-12-20(21-5-3-11-27-21)26-22(19(18)13-24)28-14-17-4-1-2-10-25-17/h1-12H,14H2. The molecule has 0 atom stereocenters. The lowest BCUT2D eigenvalue weighted by molar-refractivity contribution is 1.11. The summed E-state index contributed by atoms with van der Waals surface area (Å²) < 4.78 is 0. The van der Waals surface area contributed by atoms with Crippen molar-refractivity contribution >= 4 is 34.7 Å². The quantitative estimate of drug-likeness (QED) is 0.338. The van der Waals surface area contributed by atoms with Crippen molar-refractivity contribution in [2.24, 2.45) is 0 Å². The van der Waals surface area contributed by atoms with E-state index in [4.69, 9.17) is 16.6 Å². The summed E-state index contributed by atoms with van der Waals surface area (Å²) in [4.78, 5) is 10.2. The zero-order valence-corrected chi connectivity index (χ0v) is 17.1. The van der Waals surface area contributed by atoms with Gasteiger partial charge in [0.2, 0.25) is 0 Å². The number of thioether (sulfide) groups is 1. The van der Waals surface area contributed by atoms with Crippen LogP contribution in [-0.2, 0) is 5.75 Å². The van der Waals surface area contributed by atoms with Gasteiger partial charge in [-0.1, -0.05) is 47.6 Å². The van der Waals surface area contributed by atoms with Crippen LogP contribution in [0.5, 0.6) is 0 Å². The van der Waals surface area contributed by atoms with Crippen LogP contribution in [0, 0.1) is 11.3 Å². The van der Waals surface area contributed by atoms with Crippen molar-refractivity contribution in [1.29, 1.82) is 5.26 Å². The number of hydrogen-bond donors (Lipinski definition) is 0. The van der Waals surface area contributed by atoms with E-state index in [9.17, 15) is 5.26 Å². The van der Waals surface area contributed by atoms with E-state index in [1.165, 1.54) is 11.8 Å². The van der Waals surface area contributed by atoms with Crippen molar-refractivity contribution in [2.75, 3.05) is 0 Å². The van der Waals surface area contributed by atoms with E-state index in [-0.39, 0.29) is 0 Å². The molecule has 0 radical (unpaired) electrons. The average molecular weight is 420 g/mol. The summed E-state index contributed by atoms with van der Waals surface area (Å²) in [5.74, 6) is 0.649. The third kappa shape index (κ3) is 4.10. The Kier molecular flexibility index (Phi) is 5.73. The second-order valence-electron chi connectivity index (χ2n) is 5.94. The van der Waals surface area contributed by atoms with Crippen molar-refractivity contribution in [3.63, 3.8) is 0 Å². The molecule has 0 aliphatic rings. The lowest BCUT2D eigenvalue weighted by Gasteiger charge is -2.12. The Morgan fingerprint density at radius 3 is 2.61 bits per heavy atom. The molecule has 0 saturated heterocycles. The van der Waals surface area contributed by atoms with E-state index in [1.807, 2.05) is 66.0 Å². The summed E-state index contributed by atoms with van der Waals surface area (Å²) in [6.45, 7) is 0. The van der Waals surface area contributed by atoms with E-state index < -0.39 is 0 Å². The van der Waals surface area contributed by atoms with Crippen LogP contribution >= 0.6 is 34.7 Å². The van der Waals surface area contributed by atoms with Crippen molar-refractivity contribution in [2.45, 2.75) is 10.8 Å². The first-order valence-electron chi connectivity index (χ1n) is 8.52. The van der Waals surface area contributed by atoms with Crippen LogP contribution in [0.25, 0.3) is 21.7 Å². The van der Waals surface area contributed by atoms with E-state index in [0.717, 1.165) is 27.4 Å². The molecule has 3 nitrogen and oxygen atoms in total. The molecule has 0 aliphatic carbocycles. The van der Waals surface area contributed by atoms with Crippen molar-refractivity contribution in [3.8, 4) is 27.8 Å². The third-order valence-corrected chi connectivity index (χ3v) is 6.26. The SMILES string of the molecule is N#Cc1c(-c2ccc(Cl)cc2)cc(-c2cccs2)nc1SCc1ccccn1. The van der Waals surface area contributed by atoms with Crippen LogP contribution < -0.4 is 0 Å². The minimum Gasteiger partial charge on any atom is -0.260 e. The first-order chi connectivity index (χ1) is 13.7. The maximum atomic E-state index is 9.89. The summed E-state index contributed by atoms with van der Waals surface area (Å²) in [5, 5.41) is 13.3. The molecule has 0 bridgehead atoms. The average Bonchev–Trinajstić information content (AvgIpc) is 3.28. The van der Waals surface area contributed by atoms with Crippen LogP contribution in [-0.4, -0.2) is 9.97 Å². The van der Waals surface area contributed by atoms with Gasteiger partial charge in [0.15, 0.2) is 0 Å². The van der Waals surface area contributed by atoms with Gasteiger partial charge in [0, 0.05) is 22.5 Å². The van der Waals surface area contributed by atoms with Gasteiger partial charge >= 0.3 is 0 Å². The van der Waals surface area contributed by atoms with Gasteiger partial charge < -0.3 is 0 Å². The largest absolute Gasteiger partial charge is 0.260 e. The maximum Gasteiger partial charge on any atom is 0.116 e. The number of aromatic nitrogens is 2. The lowest BCUT2D eigenvalue weighted by Crippen LogP contribution is -1.96. The Labute approximate surface area is 176 Å². The van der Waals surface area contributed by atoms with Crippen LogP contribution in [0.4, 0.5) is 0 Å². The number of nitriles is 1. The van der Waals surface area contributed by atoms with Gasteiger partial charge in [0.1, 0.15) is 11.1 Å². The number of rotatable bonds is 5. The Balaban J connectivity index is 1.81. The van der Waals surface area contributed by atoms with Crippen LogP contribution in [0.2, 0.25) is 5.02 Å². The molecule has 0 unspecified atom stereocenters. The molecule has 3 heterocycles. The molecule has 136 valence electrons. The number of hydrogen-bond acceptors (Lipinski definition) is 5. The highest BCUT2D eigenvalue weighted by Gasteiger charge is 2.16. The van der Waals surface area contributed by atoms with Gasteiger partial charge in [-0.05, 0) is 47.3 Å². The zero-order chi connectivity index (χ0) is 19.3.